The third kappa shape index (κ3) is 4.53. The number of aromatic amines is 2. The van der Waals surface area contributed by atoms with Gasteiger partial charge in [-0.3, -0.25) is 4.79 Å². The maximum Gasteiger partial charge on any atom is 0.307 e. The normalized spacial score (nSPS) is 13.7. The average Bonchev–Trinajstić information content (AvgIpc) is 3.54. The van der Waals surface area contributed by atoms with Crippen molar-refractivity contribution >= 4 is 16.9 Å². The van der Waals surface area contributed by atoms with Gasteiger partial charge in [-0.15, -0.1) is 0 Å². The van der Waals surface area contributed by atoms with Crippen LogP contribution in [0, 0.1) is 23.3 Å². The summed E-state index contributed by atoms with van der Waals surface area (Å²) in [7, 11) is 0. The zero-order valence-corrected chi connectivity index (χ0v) is 18.8. The summed E-state index contributed by atoms with van der Waals surface area (Å²) >= 11 is 0. The second kappa shape index (κ2) is 9.45. The van der Waals surface area contributed by atoms with Gasteiger partial charge in [0.15, 0.2) is 17.4 Å². The molecule has 2 heterocycles. The van der Waals surface area contributed by atoms with Crippen LogP contribution in [-0.2, 0) is 11.2 Å². The quantitative estimate of drug-likeness (QED) is 0.212. The fourth-order valence-corrected chi connectivity index (χ4v) is 3.98. The van der Waals surface area contributed by atoms with Gasteiger partial charge < -0.3 is 19.8 Å². The molecule has 0 saturated heterocycles. The molecule has 0 aliphatic carbocycles. The largest absolute Gasteiger partial charge is 0.481 e. The van der Waals surface area contributed by atoms with E-state index in [1.165, 1.54) is 30.5 Å². The molecule has 0 spiro atoms. The first-order valence-electron chi connectivity index (χ1n) is 12.4. The van der Waals surface area contributed by atoms with Gasteiger partial charge in [-0.25, -0.2) is 22.5 Å². The Labute approximate surface area is 211 Å². The number of benzene rings is 3. The number of carboxylic acid groups (broad SMARTS) is 1. The molecule has 0 aliphatic rings. The van der Waals surface area contributed by atoms with Gasteiger partial charge in [-0.2, -0.15) is 0 Å². The van der Waals surface area contributed by atoms with E-state index in [9.17, 15) is 18.0 Å². The molecule has 0 saturated carbocycles. The Hall–Kier alpha value is -4.60. The Kier molecular flexibility index (Phi) is 5.26. The number of carboxylic acids is 1. The van der Waals surface area contributed by atoms with Crippen molar-refractivity contribution < 1.29 is 36.3 Å². The highest BCUT2D eigenvalue weighted by atomic mass is 19.1. The van der Waals surface area contributed by atoms with Crippen LogP contribution in [0.1, 0.15) is 33.7 Å². The minimum absolute atomic E-state index is 0.0878. The molecule has 0 fully saturated rings. The predicted molar refractivity (Wildman–Crippen MR) is 128 cm³/mol. The monoisotopic (exact) mass is 512 g/mol. The molecular weight excluding hydrogens is 490 g/mol. The van der Waals surface area contributed by atoms with Crippen LogP contribution in [0.3, 0.4) is 0 Å². The zero-order valence-electron chi connectivity index (χ0n) is 21.8. The number of ether oxygens (including phenoxy) is 1. The van der Waals surface area contributed by atoms with Crippen LogP contribution in [0.4, 0.5) is 17.6 Å². The van der Waals surface area contributed by atoms with Crippen molar-refractivity contribution in [3.8, 4) is 22.9 Å². The Bertz CT molecular complexity index is 1750. The maximum absolute atomic E-state index is 15.2. The van der Waals surface area contributed by atoms with Crippen LogP contribution < -0.4 is 4.74 Å². The van der Waals surface area contributed by atoms with Crippen LogP contribution in [0.2, 0.25) is 0 Å². The van der Waals surface area contributed by atoms with E-state index in [0.29, 0.717) is 0 Å². The molecule has 0 unspecified atom stereocenters. The lowest BCUT2D eigenvalue weighted by molar-refractivity contribution is -0.136. The van der Waals surface area contributed by atoms with Crippen molar-refractivity contribution in [3.05, 3.63) is 101 Å². The smallest absolute Gasteiger partial charge is 0.307 e. The van der Waals surface area contributed by atoms with Crippen molar-refractivity contribution in [2.45, 2.75) is 19.2 Å². The number of hydrogen-bond acceptors (Lipinski definition) is 3. The molecule has 0 aliphatic heterocycles. The average molecular weight is 512 g/mol. The Morgan fingerprint density at radius 2 is 1.95 bits per heavy atom. The lowest BCUT2D eigenvalue weighted by Crippen LogP contribution is -2.07. The van der Waals surface area contributed by atoms with Crippen molar-refractivity contribution in [2.24, 2.45) is 0 Å². The van der Waals surface area contributed by atoms with Gasteiger partial charge in [0.2, 0.25) is 0 Å². The molecule has 37 heavy (non-hydrogen) atoms. The number of carbonyl (C=O) groups is 1. The molecule has 5 aromatic rings. The molecule has 0 radical (unpaired) electrons. The maximum atomic E-state index is 15.2. The molecule has 3 aromatic carbocycles. The fourth-order valence-electron chi connectivity index (χ4n) is 3.98. The second-order valence-corrected chi connectivity index (χ2v) is 8.20. The van der Waals surface area contributed by atoms with Gasteiger partial charge in [0.1, 0.15) is 23.2 Å². The van der Waals surface area contributed by atoms with Crippen LogP contribution in [0.25, 0.3) is 22.3 Å². The van der Waals surface area contributed by atoms with E-state index in [4.69, 9.17) is 14.0 Å². The van der Waals surface area contributed by atoms with E-state index >= 15 is 4.39 Å². The molecule has 10 heteroatoms. The molecule has 6 nitrogen and oxygen atoms in total. The number of aliphatic carboxylic acids is 1. The van der Waals surface area contributed by atoms with Gasteiger partial charge in [0.25, 0.3) is 0 Å². The highest BCUT2D eigenvalue weighted by Gasteiger charge is 2.21. The number of fused-ring (bicyclic) bond motifs is 1. The summed E-state index contributed by atoms with van der Waals surface area (Å²) < 4.78 is 88.9. The highest BCUT2D eigenvalue weighted by molar-refractivity contribution is 5.82. The van der Waals surface area contributed by atoms with Gasteiger partial charge in [-0.05, 0) is 35.4 Å². The minimum Gasteiger partial charge on any atom is -0.481 e. The predicted octanol–water partition coefficient (Wildman–Crippen LogP) is 6.69. The number of hydrogen-bond donors (Lipinski definition) is 3. The van der Waals surface area contributed by atoms with E-state index < -0.39 is 54.2 Å². The number of H-pyrrole nitrogens is 2. The Morgan fingerprint density at radius 1 is 1.11 bits per heavy atom. The number of nitrogens with zero attached hydrogens (tertiary/aromatic N) is 1. The molecular formula is C27H19F4N3O3. The van der Waals surface area contributed by atoms with Crippen LogP contribution in [0.15, 0.2) is 60.9 Å². The van der Waals surface area contributed by atoms with Crippen LogP contribution in [-0.4, -0.2) is 26.0 Å². The topological polar surface area (TPSA) is 91.0 Å². The van der Waals surface area contributed by atoms with Crippen LogP contribution >= 0.6 is 0 Å². The standard InChI is InChI=1S/C27H19F4N3O3/c1-13(16-4-2-3-14(24(16)30)9-23(35)36)22-12-33-27(34-22)18-10-15(5-6-19(18)28)37-26-20(29)11-21-17(25(26)31)7-8-32-21/h2-8,10-13,32H,9H2,1H3,(H,33,34)(H,35,36)/t13-/m1/s1/i1D3. The van der Waals surface area contributed by atoms with E-state index in [1.807, 2.05) is 0 Å². The molecule has 1 atom stereocenters. The third-order valence-corrected chi connectivity index (χ3v) is 5.78. The number of imidazole rings is 1. The molecule has 5 rings (SSSR count). The molecule has 188 valence electrons. The van der Waals surface area contributed by atoms with Crippen molar-refractivity contribution in [1.29, 1.82) is 0 Å². The van der Waals surface area contributed by atoms with Gasteiger partial charge in [0, 0.05) is 39.6 Å². The number of halogens is 4. The third-order valence-electron chi connectivity index (χ3n) is 5.78. The molecule has 0 bridgehead atoms. The first kappa shape index (κ1) is 20.6. The minimum atomic E-state index is -2.80. The molecule has 3 N–H and O–H groups in total. The number of aromatic nitrogens is 3. The zero-order chi connectivity index (χ0) is 28.8. The van der Waals surface area contributed by atoms with Crippen LogP contribution in [0.5, 0.6) is 11.5 Å². The first-order valence-corrected chi connectivity index (χ1v) is 10.9. The number of rotatable bonds is 7. The van der Waals surface area contributed by atoms with Gasteiger partial charge in [-0.1, -0.05) is 25.1 Å². The van der Waals surface area contributed by atoms with Crippen molar-refractivity contribution in [2.75, 3.05) is 0 Å². The molecule has 2 aromatic heterocycles. The fraction of sp³-hybridized carbons (Fsp3) is 0.111. The van der Waals surface area contributed by atoms with E-state index in [1.54, 1.807) is 0 Å². The van der Waals surface area contributed by atoms with Gasteiger partial charge in [0.05, 0.1) is 17.5 Å². The van der Waals surface area contributed by atoms with E-state index in [0.717, 1.165) is 30.5 Å². The van der Waals surface area contributed by atoms with Gasteiger partial charge >= 0.3 is 5.97 Å². The van der Waals surface area contributed by atoms with E-state index in [-0.39, 0.29) is 44.9 Å². The number of nitrogens with one attached hydrogen (secondary N) is 2. The molecule has 0 amide bonds. The van der Waals surface area contributed by atoms with Crippen molar-refractivity contribution in [1.82, 2.24) is 15.0 Å². The Morgan fingerprint density at radius 3 is 2.73 bits per heavy atom. The second-order valence-electron chi connectivity index (χ2n) is 8.20. The summed E-state index contributed by atoms with van der Waals surface area (Å²) in [5.74, 6) is -7.65. The SMILES string of the molecule is [2H]C([2H])([2H])[C@@H](c1cnc(-c2cc(Oc3c(F)cc4[nH]ccc4c3F)ccc2F)[nH]1)c1cccc(CC(=O)O)c1F. The highest BCUT2D eigenvalue weighted by Crippen LogP contribution is 2.35. The lowest BCUT2D eigenvalue weighted by atomic mass is 9.95. The summed E-state index contributed by atoms with van der Waals surface area (Å²) in [5, 5.41) is 9.14. The lowest BCUT2D eigenvalue weighted by Gasteiger charge is -2.13. The summed E-state index contributed by atoms with van der Waals surface area (Å²) in [5.41, 5.74) is -0.581. The first-order chi connectivity index (χ1) is 18.9. The van der Waals surface area contributed by atoms with E-state index in [2.05, 4.69) is 15.0 Å². The Balaban J connectivity index is 1.52. The summed E-state index contributed by atoms with van der Waals surface area (Å²) in [6, 6.07) is 9.51. The summed E-state index contributed by atoms with van der Waals surface area (Å²) in [4.78, 5) is 20.5. The summed E-state index contributed by atoms with van der Waals surface area (Å²) in [6.07, 6.45) is 1.88. The summed E-state index contributed by atoms with van der Waals surface area (Å²) in [6.45, 7) is -2.80. The van der Waals surface area contributed by atoms with Crippen molar-refractivity contribution in [3.63, 3.8) is 0 Å².